The molecule has 0 saturated heterocycles. The molecule has 0 fully saturated rings. The zero-order valence-electron chi connectivity index (χ0n) is 18.4. The van der Waals surface area contributed by atoms with Crippen LogP contribution < -0.4 is 19.5 Å². The van der Waals surface area contributed by atoms with Gasteiger partial charge in [0.15, 0.2) is 16.6 Å². The number of hydrogen-bond acceptors (Lipinski definition) is 6. The predicted molar refractivity (Wildman–Crippen MR) is 127 cm³/mol. The molecule has 0 spiro atoms. The largest absolute Gasteiger partial charge is 0.493 e. The van der Waals surface area contributed by atoms with Crippen molar-refractivity contribution >= 4 is 33.3 Å². The predicted octanol–water partition coefficient (Wildman–Crippen LogP) is 5.20. The molecule has 2 aromatic heterocycles. The van der Waals surface area contributed by atoms with Crippen LogP contribution >= 0.6 is 11.3 Å². The van der Waals surface area contributed by atoms with E-state index in [1.54, 1.807) is 21.3 Å². The molecule has 0 atom stereocenters. The quantitative estimate of drug-likeness (QED) is 0.385. The molecule has 0 aliphatic heterocycles. The lowest BCUT2D eigenvalue weighted by atomic mass is 10.1. The third kappa shape index (κ3) is 4.27. The Balaban J connectivity index is 1.45. The van der Waals surface area contributed by atoms with Crippen LogP contribution in [0.15, 0.2) is 41.8 Å². The Morgan fingerprint density at radius 2 is 1.81 bits per heavy atom. The number of nitrogens with one attached hydrogen (secondary N) is 2. The summed E-state index contributed by atoms with van der Waals surface area (Å²) in [6.45, 7) is 2.03. The zero-order valence-corrected chi connectivity index (χ0v) is 19.3. The minimum Gasteiger partial charge on any atom is -0.493 e. The average Bonchev–Trinajstić information content (AvgIpc) is 3.39. The molecule has 32 heavy (non-hydrogen) atoms. The summed E-state index contributed by atoms with van der Waals surface area (Å²) in [6, 6.07) is 11.8. The smallest absolute Gasteiger partial charge is 0.226 e. The third-order valence-electron chi connectivity index (χ3n) is 5.27. The normalized spacial score (nSPS) is 10.9. The van der Waals surface area contributed by atoms with Crippen LogP contribution in [0.2, 0.25) is 0 Å². The number of para-hydroxylation sites is 1. The molecule has 0 aliphatic rings. The lowest BCUT2D eigenvalue weighted by molar-refractivity contribution is -0.116. The monoisotopic (exact) mass is 451 g/mol. The number of H-pyrrole nitrogens is 1. The summed E-state index contributed by atoms with van der Waals surface area (Å²) >= 11 is 1.42. The van der Waals surface area contributed by atoms with Crippen LogP contribution in [0.3, 0.4) is 0 Å². The van der Waals surface area contributed by atoms with Crippen molar-refractivity contribution in [1.29, 1.82) is 0 Å². The molecule has 8 heteroatoms. The number of fused-ring (bicyclic) bond motifs is 1. The number of aromatic amines is 1. The first-order valence-electron chi connectivity index (χ1n) is 10.2. The standard InChI is InChI=1S/C24H25N3O4S/c1-14-22(16-7-5-6-8-17(16)25-14)18-13-32-24(26-18)27-21(28)10-9-15-11-19(29-2)23(31-4)20(12-15)30-3/h5-8,11-13,25H,9-10H2,1-4H3,(H,26,27,28). The number of ether oxygens (including phenoxy) is 3. The van der Waals surface area contributed by atoms with E-state index in [0.717, 1.165) is 33.4 Å². The Morgan fingerprint density at radius 1 is 1.09 bits per heavy atom. The van der Waals surface area contributed by atoms with Crippen molar-refractivity contribution < 1.29 is 19.0 Å². The molecule has 4 aromatic rings. The fourth-order valence-electron chi connectivity index (χ4n) is 3.77. The minimum absolute atomic E-state index is 0.102. The van der Waals surface area contributed by atoms with Gasteiger partial charge in [-0.05, 0) is 37.1 Å². The molecule has 0 radical (unpaired) electrons. The van der Waals surface area contributed by atoms with Crippen molar-refractivity contribution in [3.05, 3.63) is 53.0 Å². The first-order valence-corrected chi connectivity index (χ1v) is 11.0. The number of anilines is 1. The highest BCUT2D eigenvalue weighted by Gasteiger charge is 2.16. The Labute approximate surface area is 190 Å². The molecule has 166 valence electrons. The van der Waals surface area contributed by atoms with Crippen molar-refractivity contribution in [2.45, 2.75) is 19.8 Å². The zero-order chi connectivity index (χ0) is 22.7. The van der Waals surface area contributed by atoms with Gasteiger partial charge in [-0.25, -0.2) is 4.98 Å². The maximum absolute atomic E-state index is 12.6. The van der Waals surface area contributed by atoms with Gasteiger partial charge >= 0.3 is 0 Å². The van der Waals surface area contributed by atoms with Crippen LogP contribution in [0.5, 0.6) is 17.2 Å². The Hall–Kier alpha value is -3.52. The lowest BCUT2D eigenvalue weighted by Gasteiger charge is -2.14. The van der Waals surface area contributed by atoms with E-state index in [9.17, 15) is 4.79 Å². The second-order valence-electron chi connectivity index (χ2n) is 7.29. The topological polar surface area (TPSA) is 85.5 Å². The fraction of sp³-hybridized carbons (Fsp3) is 0.250. The second kappa shape index (κ2) is 9.32. The Bertz CT molecular complexity index is 1240. The third-order valence-corrected chi connectivity index (χ3v) is 6.02. The molecular weight excluding hydrogens is 426 g/mol. The molecule has 2 N–H and O–H groups in total. The van der Waals surface area contributed by atoms with Crippen molar-refractivity contribution in [3.8, 4) is 28.5 Å². The number of aryl methyl sites for hydroxylation is 2. The molecule has 0 unspecified atom stereocenters. The molecule has 0 bridgehead atoms. The minimum atomic E-state index is -0.102. The van der Waals surface area contributed by atoms with Gasteiger partial charge in [-0.2, -0.15) is 0 Å². The number of rotatable bonds is 8. The second-order valence-corrected chi connectivity index (χ2v) is 8.15. The first kappa shape index (κ1) is 21.7. The van der Waals surface area contributed by atoms with Gasteiger partial charge in [-0.15, -0.1) is 11.3 Å². The van der Waals surface area contributed by atoms with Gasteiger partial charge < -0.3 is 24.5 Å². The van der Waals surface area contributed by atoms with E-state index >= 15 is 0 Å². The van der Waals surface area contributed by atoms with Crippen LogP contribution in [-0.2, 0) is 11.2 Å². The number of carbonyl (C=O) groups is 1. The number of nitrogens with zero attached hydrogens (tertiary/aromatic N) is 1. The number of carbonyl (C=O) groups excluding carboxylic acids is 1. The van der Waals surface area contributed by atoms with Crippen molar-refractivity contribution in [1.82, 2.24) is 9.97 Å². The highest BCUT2D eigenvalue weighted by Crippen LogP contribution is 2.38. The van der Waals surface area contributed by atoms with Gasteiger partial charge in [0.2, 0.25) is 11.7 Å². The van der Waals surface area contributed by atoms with E-state index in [2.05, 4.69) is 21.4 Å². The van der Waals surface area contributed by atoms with E-state index < -0.39 is 0 Å². The first-order chi connectivity index (χ1) is 15.5. The molecule has 0 saturated carbocycles. The summed E-state index contributed by atoms with van der Waals surface area (Å²) in [6.07, 6.45) is 0.835. The molecule has 1 amide bonds. The summed E-state index contributed by atoms with van der Waals surface area (Å²) in [4.78, 5) is 20.6. The summed E-state index contributed by atoms with van der Waals surface area (Å²) in [5.74, 6) is 1.57. The van der Waals surface area contributed by atoms with Gasteiger partial charge in [0, 0.05) is 34.0 Å². The molecule has 2 heterocycles. The van der Waals surface area contributed by atoms with Crippen LogP contribution in [-0.4, -0.2) is 37.2 Å². The summed E-state index contributed by atoms with van der Waals surface area (Å²) < 4.78 is 16.1. The highest BCUT2D eigenvalue weighted by atomic mass is 32.1. The van der Waals surface area contributed by atoms with Gasteiger partial charge in [0.1, 0.15) is 0 Å². The van der Waals surface area contributed by atoms with Crippen LogP contribution in [0.4, 0.5) is 5.13 Å². The SMILES string of the molecule is COc1cc(CCC(=O)Nc2nc(-c3c(C)[nH]c4ccccc34)cs2)cc(OC)c1OC. The molecule has 0 aliphatic carbocycles. The summed E-state index contributed by atoms with van der Waals surface area (Å²) in [5.41, 5.74) is 4.96. The number of aromatic nitrogens is 2. The molecular formula is C24H25N3O4S. The van der Waals surface area contributed by atoms with E-state index in [4.69, 9.17) is 14.2 Å². The number of thiazole rings is 1. The summed E-state index contributed by atoms with van der Waals surface area (Å²) in [5, 5.41) is 6.59. The molecule has 7 nitrogen and oxygen atoms in total. The van der Waals surface area contributed by atoms with Crippen LogP contribution in [0.1, 0.15) is 17.7 Å². The van der Waals surface area contributed by atoms with Crippen LogP contribution in [0, 0.1) is 6.92 Å². The number of methoxy groups -OCH3 is 3. The number of benzene rings is 2. The van der Waals surface area contributed by atoms with Crippen molar-refractivity contribution in [2.75, 3.05) is 26.6 Å². The van der Waals surface area contributed by atoms with Crippen molar-refractivity contribution in [2.24, 2.45) is 0 Å². The number of hydrogen-bond donors (Lipinski definition) is 2. The fourth-order valence-corrected chi connectivity index (χ4v) is 4.49. The van der Waals surface area contributed by atoms with Gasteiger partial charge in [-0.3, -0.25) is 4.79 Å². The van der Waals surface area contributed by atoms with Gasteiger partial charge in [0.05, 0.1) is 27.0 Å². The van der Waals surface area contributed by atoms with Crippen LogP contribution in [0.25, 0.3) is 22.2 Å². The van der Waals surface area contributed by atoms with Crippen molar-refractivity contribution in [3.63, 3.8) is 0 Å². The maximum atomic E-state index is 12.6. The number of amides is 1. The van der Waals surface area contributed by atoms with Gasteiger partial charge in [-0.1, -0.05) is 18.2 Å². The Morgan fingerprint density at radius 3 is 2.50 bits per heavy atom. The van der Waals surface area contributed by atoms with Gasteiger partial charge in [0.25, 0.3) is 0 Å². The highest BCUT2D eigenvalue weighted by molar-refractivity contribution is 7.14. The van der Waals surface area contributed by atoms with E-state index in [0.29, 0.717) is 35.2 Å². The molecule has 2 aromatic carbocycles. The van der Waals surface area contributed by atoms with E-state index in [1.165, 1.54) is 11.3 Å². The average molecular weight is 452 g/mol. The lowest BCUT2D eigenvalue weighted by Crippen LogP contribution is -2.12. The molecule has 4 rings (SSSR count). The van der Waals surface area contributed by atoms with E-state index in [1.807, 2.05) is 42.6 Å². The Kier molecular flexibility index (Phi) is 6.32. The maximum Gasteiger partial charge on any atom is 0.226 e. The van der Waals surface area contributed by atoms with E-state index in [-0.39, 0.29) is 5.91 Å². The summed E-state index contributed by atoms with van der Waals surface area (Å²) in [7, 11) is 4.71.